The lowest BCUT2D eigenvalue weighted by atomic mass is 9.85. The van der Waals surface area contributed by atoms with Crippen LogP contribution in [0.5, 0.6) is 5.75 Å². The molecule has 0 bridgehead atoms. The molecule has 1 aromatic carbocycles. The number of hydrogen-bond donors (Lipinski definition) is 1. The first-order valence-corrected chi connectivity index (χ1v) is 6.27. The van der Waals surface area contributed by atoms with Crippen LogP contribution in [-0.2, 0) is 0 Å². The van der Waals surface area contributed by atoms with E-state index in [1.54, 1.807) is 0 Å². The topological polar surface area (TPSA) is 29.5 Å². The molecule has 0 aliphatic heterocycles. The minimum atomic E-state index is -0.737. The third-order valence-electron chi connectivity index (χ3n) is 3.18. The van der Waals surface area contributed by atoms with Gasteiger partial charge in [-0.3, -0.25) is 0 Å². The normalized spacial score (nSPS) is 19.0. The molecule has 1 aliphatic rings. The predicted octanol–water partition coefficient (Wildman–Crippen LogP) is 3.55. The molecule has 94 valence electrons. The van der Waals surface area contributed by atoms with Crippen LogP contribution in [0.15, 0.2) is 18.2 Å². The van der Waals surface area contributed by atoms with E-state index in [0.29, 0.717) is 5.75 Å². The third-order valence-corrected chi connectivity index (χ3v) is 3.47. The Bertz CT molecular complexity index is 389. The Morgan fingerprint density at radius 2 is 2.00 bits per heavy atom. The highest BCUT2D eigenvalue weighted by Crippen LogP contribution is 2.29. The predicted molar refractivity (Wildman–Crippen MR) is 64.9 cm³/mol. The Kier molecular flexibility index (Phi) is 3.89. The first-order valence-electron chi connectivity index (χ1n) is 5.89. The number of ether oxygens (including phenoxy) is 1. The van der Waals surface area contributed by atoms with Gasteiger partial charge in [-0.15, -0.1) is 0 Å². The molecule has 2 nitrogen and oxygen atoms in total. The number of hydrogen-bond acceptors (Lipinski definition) is 2. The second-order valence-corrected chi connectivity index (χ2v) is 5.06. The number of aliphatic hydroxyl groups is 1. The molecule has 0 amide bonds. The zero-order valence-electron chi connectivity index (χ0n) is 9.59. The molecule has 0 heterocycles. The van der Waals surface area contributed by atoms with Crippen LogP contribution in [-0.4, -0.2) is 17.3 Å². The van der Waals surface area contributed by atoms with Crippen LogP contribution in [0.3, 0.4) is 0 Å². The van der Waals surface area contributed by atoms with E-state index in [9.17, 15) is 9.50 Å². The van der Waals surface area contributed by atoms with E-state index in [-0.39, 0.29) is 11.6 Å². The number of benzene rings is 1. The number of halogens is 2. The van der Waals surface area contributed by atoms with Gasteiger partial charge >= 0.3 is 0 Å². The SMILES string of the molecule is OC1(COc2ccc(F)c(Cl)c2)CCCCC1. The highest BCUT2D eigenvalue weighted by molar-refractivity contribution is 6.30. The molecule has 1 aliphatic carbocycles. The first kappa shape index (κ1) is 12.7. The van der Waals surface area contributed by atoms with Gasteiger partial charge in [-0.05, 0) is 25.0 Å². The summed E-state index contributed by atoms with van der Waals surface area (Å²) in [5.74, 6) is 0.0331. The third kappa shape index (κ3) is 3.33. The highest BCUT2D eigenvalue weighted by atomic mass is 35.5. The van der Waals surface area contributed by atoms with Gasteiger partial charge in [-0.25, -0.2) is 4.39 Å². The minimum absolute atomic E-state index is 0.0399. The molecule has 4 heteroatoms. The summed E-state index contributed by atoms with van der Waals surface area (Å²) in [7, 11) is 0. The van der Waals surface area contributed by atoms with Crippen molar-refractivity contribution in [1.82, 2.24) is 0 Å². The van der Waals surface area contributed by atoms with Crippen molar-refractivity contribution in [2.75, 3.05) is 6.61 Å². The maximum Gasteiger partial charge on any atom is 0.142 e. The number of rotatable bonds is 3. The van der Waals surface area contributed by atoms with Crippen molar-refractivity contribution < 1.29 is 14.2 Å². The Labute approximate surface area is 105 Å². The van der Waals surface area contributed by atoms with E-state index in [2.05, 4.69) is 0 Å². The molecule has 0 atom stereocenters. The summed E-state index contributed by atoms with van der Waals surface area (Å²) in [6.45, 7) is 0.245. The van der Waals surface area contributed by atoms with Gasteiger partial charge in [0.1, 0.15) is 18.2 Å². The van der Waals surface area contributed by atoms with Crippen LogP contribution in [0, 0.1) is 5.82 Å². The molecule has 0 unspecified atom stereocenters. The van der Waals surface area contributed by atoms with Crippen LogP contribution in [0.4, 0.5) is 4.39 Å². The molecule has 0 radical (unpaired) electrons. The average Bonchev–Trinajstić information content (AvgIpc) is 2.32. The van der Waals surface area contributed by atoms with Crippen molar-refractivity contribution >= 4 is 11.6 Å². The van der Waals surface area contributed by atoms with Crippen LogP contribution in [0.2, 0.25) is 5.02 Å². The fraction of sp³-hybridized carbons (Fsp3) is 0.538. The van der Waals surface area contributed by atoms with Gasteiger partial charge in [0.15, 0.2) is 0 Å². The molecule has 2 rings (SSSR count). The molecule has 0 saturated heterocycles. The van der Waals surface area contributed by atoms with E-state index in [1.807, 2.05) is 0 Å². The van der Waals surface area contributed by atoms with Crippen LogP contribution in [0.1, 0.15) is 32.1 Å². The quantitative estimate of drug-likeness (QED) is 0.898. The second-order valence-electron chi connectivity index (χ2n) is 4.65. The largest absolute Gasteiger partial charge is 0.491 e. The van der Waals surface area contributed by atoms with E-state index >= 15 is 0 Å². The maximum absolute atomic E-state index is 12.9. The maximum atomic E-state index is 12.9. The van der Waals surface area contributed by atoms with Gasteiger partial charge in [0.05, 0.1) is 10.6 Å². The summed E-state index contributed by atoms with van der Waals surface area (Å²) in [5, 5.41) is 10.3. The van der Waals surface area contributed by atoms with Crippen molar-refractivity contribution in [1.29, 1.82) is 0 Å². The summed E-state index contributed by atoms with van der Waals surface area (Å²) >= 11 is 5.65. The van der Waals surface area contributed by atoms with Crippen LogP contribution in [0.25, 0.3) is 0 Å². The Balaban J connectivity index is 1.94. The molecule has 17 heavy (non-hydrogen) atoms. The van der Waals surface area contributed by atoms with Crippen molar-refractivity contribution in [3.05, 3.63) is 29.0 Å². The van der Waals surface area contributed by atoms with Crippen molar-refractivity contribution in [2.45, 2.75) is 37.7 Å². The lowest BCUT2D eigenvalue weighted by Gasteiger charge is -2.31. The molecule has 0 spiro atoms. The van der Waals surface area contributed by atoms with Gasteiger partial charge in [0.25, 0.3) is 0 Å². The molecule has 1 fully saturated rings. The summed E-state index contributed by atoms with van der Waals surface area (Å²) in [4.78, 5) is 0. The summed E-state index contributed by atoms with van der Waals surface area (Å²) in [6.07, 6.45) is 4.77. The van der Waals surface area contributed by atoms with E-state index in [4.69, 9.17) is 16.3 Å². The zero-order chi connectivity index (χ0) is 12.3. The van der Waals surface area contributed by atoms with Gasteiger partial charge in [-0.1, -0.05) is 30.9 Å². The van der Waals surface area contributed by atoms with E-state index in [0.717, 1.165) is 25.7 Å². The Morgan fingerprint density at radius 1 is 1.29 bits per heavy atom. The molecule has 0 aromatic heterocycles. The first-order chi connectivity index (χ1) is 8.09. The van der Waals surface area contributed by atoms with E-state index < -0.39 is 11.4 Å². The molecular weight excluding hydrogens is 243 g/mol. The minimum Gasteiger partial charge on any atom is -0.491 e. The summed E-state index contributed by atoms with van der Waals surface area (Å²) in [5.41, 5.74) is -0.737. The summed E-state index contributed by atoms with van der Waals surface area (Å²) in [6, 6.07) is 4.22. The van der Waals surface area contributed by atoms with Gasteiger partial charge in [-0.2, -0.15) is 0 Å². The molecule has 1 N–H and O–H groups in total. The van der Waals surface area contributed by atoms with E-state index in [1.165, 1.54) is 24.6 Å². The van der Waals surface area contributed by atoms with Crippen molar-refractivity contribution in [2.24, 2.45) is 0 Å². The van der Waals surface area contributed by atoms with Gasteiger partial charge in [0, 0.05) is 6.07 Å². The fourth-order valence-electron chi connectivity index (χ4n) is 2.14. The van der Waals surface area contributed by atoms with Crippen LogP contribution >= 0.6 is 11.6 Å². The smallest absolute Gasteiger partial charge is 0.142 e. The fourth-order valence-corrected chi connectivity index (χ4v) is 2.31. The highest BCUT2D eigenvalue weighted by Gasteiger charge is 2.29. The molecular formula is C13H16ClFO2. The van der Waals surface area contributed by atoms with Crippen LogP contribution < -0.4 is 4.74 Å². The average molecular weight is 259 g/mol. The zero-order valence-corrected chi connectivity index (χ0v) is 10.3. The van der Waals surface area contributed by atoms with Crippen molar-refractivity contribution in [3.63, 3.8) is 0 Å². The monoisotopic (exact) mass is 258 g/mol. The second kappa shape index (κ2) is 5.23. The lowest BCUT2D eigenvalue weighted by molar-refractivity contribution is -0.0339. The van der Waals surface area contributed by atoms with Gasteiger partial charge in [0.2, 0.25) is 0 Å². The molecule has 1 saturated carbocycles. The summed E-state index contributed by atoms with van der Waals surface area (Å²) < 4.78 is 18.4. The Hall–Kier alpha value is -0.800. The standard InChI is InChI=1S/C13H16ClFO2/c14-11-8-10(4-5-12(11)15)17-9-13(16)6-2-1-3-7-13/h4-5,8,16H,1-3,6-7,9H2. The van der Waals surface area contributed by atoms with Gasteiger partial charge < -0.3 is 9.84 Å². The van der Waals surface area contributed by atoms with Crippen molar-refractivity contribution in [3.8, 4) is 5.75 Å². The molecule has 1 aromatic rings. The Morgan fingerprint density at radius 3 is 2.65 bits per heavy atom. The lowest BCUT2D eigenvalue weighted by Crippen LogP contribution is -2.37.